The number of halogens is 2. The molecule has 0 saturated carbocycles. The number of nitrogens with zero attached hydrogens (tertiary/aromatic N) is 3. The van der Waals surface area contributed by atoms with Crippen LogP contribution in [-0.4, -0.2) is 21.1 Å². The van der Waals surface area contributed by atoms with Gasteiger partial charge in [0.2, 0.25) is 4.77 Å². The van der Waals surface area contributed by atoms with Gasteiger partial charge in [0.25, 0.3) is 0 Å². The Morgan fingerprint density at radius 1 is 1.16 bits per heavy atom. The van der Waals surface area contributed by atoms with Crippen LogP contribution in [0.2, 0.25) is 10.0 Å². The minimum Gasteiger partial charge on any atom is -0.250 e. The van der Waals surface area contributed by atoms with Crippen molar-refractivity contribution in [2.75, 3.05) is 0 Å². The third-order valence-electron chi connectivity index (χ3n) is 3.75. The van der Waals surface area contributed by atoms with Crippen molar-refractivity contribution in [2.45, 2.75) is 19.8 Å². The van der Waals surface area contributed by atoms with Gasteiger partial charge < -0.3 is 0 Å². The maximum atomic E-state index is 6.27. The molecule has 0 aliphatic rings. The molecule has 2 aromatic carbocycles. The Labute approximate surface area is 161 Å². The molecule has 0 amide bonds. The summed E-state index contributed by atoms with van der Waals surface area (Å²) in [5.74, 6) is 1.02. The SMILES string of the molecule is CC(C)c1ccc(C=Nn2c(-c3ccc(Cl)cc3Cl)n[nH]c2=S)cc1. The standard InChI is InChI=1S/C18H16Cl2N4S/c1-11(2)13-5-3-12(4-6-13)10-21-24-17(22-23-18(24)25)15-8-7-14(19)9-16(15)20/h3-11H,1-2H3,(H,23,25). The number of hydrogen-bond acceptors (Lipinski definition) is 3. The average Bonchev–Trinajstić information content (AvgIpc) is 2.94. The zero-order valence-electron chi connectivity index (χ0n) is 13.7. The van der Waals surface area contributed by atoms with Gasteiger partial charge >= 0.3 is 0 Å². The van der Waals surface area contributed by atoms with Crippen LogP contribution in [0, 0.1) is 4.77 Å². The van der Waals surface area contributed by atoms with E-state index in [1.54, 1.807) is 29.1 Å². The van der Waals surface area contributed by atoms with Gasteiger partial charge in [0.05, 0.1) is 11.2 Å². The fourth-order valence-electron chi connectivity index (χ4n) is 2.34. The van der Waals surface area contributed by atoms with Gasteiger partial charge in [-0.15, -0.1) is 0 Å². The van der Waals surface area contributed by atoms with Crippen molar-refractivity contribution < 1.29 is 0 Å². The summed E-state index contributed by atoms with van der Waals surface area (Å²) < 4.78 is 1.93. The normalized spacial score (nSPS) is 11.6. The third kappa shape index (κ3) is 4.00. The molecule has 0 aliphatic heterocycles. The number of aromatic amines is 1. The molecule has 25 heavy (non-hydrogen) atoms. The van der Waals surface area contributed by atoms with Crippen molar-refractivity contribution in [3.05, 3.63) is 68.4 Å². The van der Waals surface area contributed by atoms with E-state index in [4.69, 9.17) is 35.4 Å². The zero-order valence-corrected chi connectivity index (χ0v) is 16.0. The Morgan fingerprint density at radius 3 is 2.52 bits per heavy atom. The largest absolute Gasteiger partial charge is 0.250 e. The molecule has 7 heteroatoms. The Balaban J connectivity index is 1.95. The molecule has 0 atom stereocenters. The molecule has 1 N–H and O–H groups in total. The number of hydrogen-bond donors (Lipinski definition) is 1. The lowest BCUT2D eigenvalue weighted by Gasteiger charge is -2.05. The summed E-state index contributed by atoms with van der Waals surface area (Å²) in [5, 5.41) is 12.5. The summed E-state index contributed by atoms with van der Waals surface area (Å²) >= 11 is 17.5. The van der Waals surface area contributed by atoms with Crippen LogP contribution in [0.1, 0.15) is 30.9 Å². The first-order valence-electron chi connectivity index (χ1n) is 7.73. The first-order valence-corrected chi connectivity index (χ1v) is 8.89. The van der Waals surface area contributed by atoms with Crippen molar-refractivity contribution in [1.29, 1.82) is 0 Å². The summed E-state index contributed by atoms with van der Waals surface area (Å²) in [7, 11) is 0. The van der Waals surface area contributed by atoms with Crippen LogP contribution in [0.5, 0.6) is 0 Å². The molecule has 3 aromatic rings. The molecular weight excluding hydrogens is 375 g/mol. The Hall–Kier alpha value is -1.95. The fourth-order valence-corrected chi connectivity index (χ4v) is 3.01. The molecule has 3 rings (SSSR count). The minimum absolute atomic E-state index is 0.385. The van der Waals surface area contributed by atoms with E-state index in [9.17, 15) is 0 Å². The number of benzene rings is 2. The van der Waals surface area contributed by atoms with E-state index in [1.807, 2.05) is 12.1 Å². The second-order valence-electron chi connectivity index (χ2n) is 5.85. The van der Waals surface area contributed by atoms with Crippen molar-refractivity contribution in [2.24, 2.45) is 5.10 Å². The minimum atomic E-state index is 0.385. The fraction of sp³-hybridized carbons (Fsp3) is 0.167. The van der Waals surface area contributed by atoms with Crippen LogP contribution >= 0.6 is 35.4 Å². The van der Waals surface area contributed by atoms with Gasteiger partial charge in [0, 0.05) is 10.6 Å². The molecule has 0 unspecified atom stereocenters. The van der Waals surface area contributed by atoms with Gasteiger partial charge in [-0.3, -0.25) is 0 Å². The van der Waals surface area contributed by atoms with Crippen LogP contribution in [0.3, 0.4) is 0 Å². The quantitative estimate of drug-likeness (QED) is 0.443. The van der Waals surface area contributed by atoms with Gasteiger partial charge in [-0.1, -0.05) is 61.3 Å². The molecule has 1 aromatic heterocycles. The van der Waals surface area contributed by atoms with Crippen LogP contribution in [0.25, 0.3) is 11.4 Å². The van der Waals surface area contributed by atoms with Crippen molar-refractivity contribution >= 4 is 41.6 Å². The molecule has 128 valence electrons. The zero-order chi connectivity index (χ0) is 18.0. The molecule has 0 radical (unpaired) electrons. The predicted molar refractivity (Wildman–Crippen MR) is 106 cm³/mol. The molecule has 4 nitrogen and oxygen atoms in total. The van der Waals surface area contributed by atoms with E-state index in [1.165, 1.54) is 5.56 Å². The molecule has 0 spiro atoms. The van der Waals surface area contributed by atoms with Crippen LogP contribution in [0.4, 0.5) is 0 Å². The second-order valence-corrected chi connectivity index (χ2v) is 7.08. The highest BCUT2D eigenvalue weighted by molar-refractivity contribution is 7.71. The summed E-state index contributed by atoms with van der Waals surface area (Å²) in [6.07, 6.45) is 1.74. The maximum Gasteiger partial charge on any atom is 0.216 e. The molecular formula is C18H16Cl2N4S. The number of rotatable bonds is 4. The summed E-state index contributed by atoms with van der Waals surface area (Å²) in [6, 6.07) is 13.4. The van der Waals surface area contributed by atoms with E-state index in [-0.39, 0.29) is 0 Å². The van der Waals surface area contributed by atoms with Crippen LogP contribution < -0.4 is 0 Å². The topological polar surface area (TPSA) is 46.0 Å². The lowest BCUT2D eigenvalue weighted by atomic mass is 10.0. The number of H-pyrrole nitrogens is 1. The summed E-state index contributed by atoms with van der Waals surface area (Å²) in [6.45, 7) is 4.33. The number of nitrogens with one attached hydrogen (secondary N) is 1. The summed E-state index contributed by atoms with van der Waals surface area (Å²) in [5.41, 5.74) is 2.96. The van der Waals surface area contributed by atoms with E-state index >= 15 is 0 Å². The van der Waals surface area contributed by atoms with E-state index in [0.29, 0.717) is 32.1 Å². The van der Waals surface area contributed by atoms with E-state index in [0.717, 1.165) is 5.56 Å². The van der Waals surface area contributed by atoms with Gasteiger partial charge in [0.1, 0.15) is 0 Å². The van der Waals surface area contributed by atoms with Crippen LogP contribution in [-0.2, 0) is 0 Å². The van der Waals surface area contributed by atoms with E-state index in [2.05, 4.69) is 41.3 Å². The first kappa shape index (κ1) is 17.9. The molecule has 1 heterocycles. The second kappa shape index (κ2) is 7.52. The van der Waals surface area contributed by atoms with Crippen LogP contribution in [0.15, 0.2) is 47.6 Å². The third-order valence-corrected chi connectivity index (χ3v) is 4.56. The summed E-state index contributed by atoms with van der Waals surface area (Å²) in [4.78, 5) is 0. The smallest absolute Gasteiger partial charge is 0.216 e. The average molecular weight is 391 g/mol. The first-order chi connectivity index (χ1) is 12.0. The van der Waals surface area contributed by atoms with Gasteiger partial charge in [-0.2, -0.15) is 14.9 Å². The monoisotopic (exact) mass is 390 g/mol. The Kier molecular flexibility index (Phi) is 5.37. The van der Waals surface area contributed by atoms with Crippen molar-refractivity contribution in [3.63, 3.8) is 0 Å². The Morgan fingerprint density at radius 2 is 1.88 bits per heavy atom. The highest BCUT2D eigenvalue weighted by atomic mass is 35.5. The highest BCUT2D eigenvalue weighted by Gasteiger charge is 2.12. The lowest BCUT2D eigenvalue weighted by Crippen LogP contribution is -1.96. The van der Waals surface area contributed by atoms with Gasteiger partial charge in [-0.05, 0) is 47.5 Å². The lowest BCUT2D eigenvalue weighted by molar-refractivity contribution is 0.865. The number of aromatic nitrogens is 3. The van der Waals surface area contributed by atoms with Crippen molar-refractivity contribution in [3.8, 4) is 11.4 Å². The maximum absolute atomic E-state index is 6.27. The van der Waals surface area contributed by atoms with Gasteiger partial charge in [0.15, 0.2) is 5.82 Å². The molecule has 0 saturated heterocycles. The van der Waals surface area contributed by atoms with Gasteiger partial charge in [-0.25, -0.2) is 5.10 Å². The molecule has 0 bridgehead atoms. The van der Waals surface area contributed by atoms with E-state index < -0.39 is 0 Å². The molecule has 0 aliphatic carbocycles. The Bertz CT molecular complexity index is 971. The van der Waals surface area contributed by atoms with Crippen molar-refractivity contribution in [1.82, 2.24) is 14.9 Å². The highest BCUT2D eigenvalue weighted by Crippen LogP contribution is 2.29. The predicted octanol–water partition coefficient (Wildman–Crippen LogP) is 5.92. The molecule has 0 fully saturated rings.